The van der Waals surface area contributed by atoms with Crippen molar-refractivity contribution in [3.8, 4) is 0 Å². The van der Waals surface area contributed by atoms with Crippen LogP contribution in [0.4, 0.5) is 11.4 Å². The number of carbonyl (C=O) groups is 1. The van der Waals surface area contributed by atoms with Crippen LogP contribution in [0.5, 0.6) is 0 Å². The molecular formula is C18H20N2O. The SMILES string of the molecule is Cc1ccc(C(=O)Nc2cccc(N3CCCC3)c2)cc1. The van der Waals surface area contributed by atoms with Gasteiger partial charge in [0.15, 0.2) is 0 Å². The molecule has 1 N–H and O–H groups in total. The monoisotopic (exact) mass is 280 g/mol. The molecule has 21 heavy (non-hydrogen) atoms. The van der Waals surface area contributed by atoms with E-state index in [0.717, 1.165) is 24.3 Å². The van der Waals surface area contributed by atoms with Crippen LogP contribution in [-0.4, -0.2) is 19.0 Å². The first kappa shape index (κ1) is 13.7. The van der Waals surface area contributed by atoms with Crippen molar-refractivity contribution >= 4 is 17.3 Å². The number of carbonyl (C=O) groups excluding carboxylic acids is 1. The Morgan fingerprint density at radius 2 is 1.76 bits per heavy atom. The molecular weight excluding hydrogens is 260 g/mol. The van der Waals surface area contributed by atoms with Crippen molar-refractivity contribution in [2.24, 2.45) is 0 Å². The highest BCUT2D eigenvalue weighted by molar-refractivity contribution is 6.04. The maximum atomic E-state index is 12.2. The summed E-state index contributed by atoms with van der Waals surface area (Å²) in [5.74, 6) is -0.0615. The third kappa shape index (κ3) is 3.24. The van der Waals surface area contributed by atoms with Crippen molar-refractivity contribution in [1.29, 1.82) is 0 Å². The lowest BCUT2D eigenvalue weighted by Crippen LogP contribution is -2.18. The third-order valence-corrected chi connectivity index (χ3v) is 3.89. The smallest absolute Gasteiger partial charge is 0.255 e. The normalized spacial score (nSPS) is 14.2. The minimum atomic E-state index is -0.0615. The van der Waals surface area contributed by atoms with Crippen molar-refractivity contribution in [1.82, 2.24) is 0 Å². The summed E-state index contributed by atoms with van der Waals surface area (Å²) in [6, 6.07) is 15.7. The highest BCUT2D eigenvalue weighted by Gasteiger charge is 2.13. The summed E-state index contributed by atoms with van der Waals surface area (Å²) in [5, 5.41) is 2.98. The molecule has 3 heteroatoms. The molecule has 0 radical (unpaired) electrons. The summed E-state index contributed by atoms with van der Waals surface area (Å²) >= 11 is 0. The molecule has 0 atom stereocenters. The molecule has 0 aromatic heterocycles. The van der Waals surface area contributed by atoms with Gasteiger partial charge in [-0.1, -0.05) is 23.8 Å². The Kier molecular flexibility index (Phi) is 3.91. The molecule has 2 aromatic carbocycles. The standard InChI is InChI=1S/C18H20N2O/c1-14-7-9-15(10-8-14)18(21)19-16-5-4-6-17(13-16)20-11-2-3-12-20/h4-10,13H,2-3,11-12H2,1H3,(H,19,21). The number of amides is 1. The number of anilines is 2. The lowest BCUT2D eigenvalue weighted by atomic mass is 10.1. The molecule has 0 aliphatic carbocycles. The minimum absolute atomic E-state index is 0.0615. The Morgan fingerprint density at radius 1 is 1.05 bits per heavy atom. The van der Waals surface area contributed by atoms with E-state index in [-0.39, 0.29) is 5.91 Å². The number of rotatable bonds is 3. The zero-order chi connectivity index (χ0) is 14.7. The van der Waals surface area contributed by atoms with Crippen molar-refractivity contribution in [3.05, 3.63) is 59.7 Å². The molecule has 1 saturated heterocycles. The highest BCUT2D eigenvalue weighted by Crippen LogP contribution is 2.23. The summed E-state index contributed by atoms with van der Waals surface area (Å²) in [4.78, 5) is 14.6. The van der Waals surface area contributed by atoms with Crippen molar-refractivity contribution in [2.75, 3.05) is 23.3 Å². The predicted molar refractivity (Wildman–Crippen MR) is 87.0 cm³/mol. The van der Waals surface area contributed by atoms with Gasteiger partial charge in [-0.2, -0.15) is 0 Å². The summed E-state index contributed by atoms with van der Waals surface area (Å²) in [6.07, 6.45) is 2.50. The van der Waals surface area contributed by atoms with Crippen molar-refractivity contribution in [3.63, 3.8) is 0 Å². The topological polar surface area (TPSA) is 32.3 Å². The Labute approximate surface area is 125 Å². The summed E-state index contributed by atoms with van der Waals surface area (Å²) < 4.78 is 0. The van der Waals surface area contributed by atoms with Crippen molar-refractivity contribution in [2.45, 2.75) is 19.8 Å². The Morgan fingerprint density at radius 3 is 2.48 bits per heavy atom. The zero-order valence-corrected chi connectivity index (χ0v) is 12.3. The Balaban J connectivity index is 1.73. The minimum Gasteiger partial charge on any atom is -0.371 e. The molecule has 0 bridgehead atoms. The van der Waals surface area contributed by atoms with E-state index in [0.29, 0.717) is 5.56 Å². The van der Waals surface area contributed by atoms with Gasteiger partial charge in [-0.3, -0.25) is 4.79 Å². The van der Waals surface area contributed by atoms with Gasteiger partial charge in [-0.25, -0.2) is 0 Å². The van der Waals surface area contributed by atoms with Gasteiger partial charge in [0.25, 0.3) is 5.91 Å². The Hall–Kier alpha value is -2.29. The van der Waals surface area contributed by atoms with Crippen LogP contribution < -0.4 is 10.2 Å². The lowest BCUT2D eigenvalue weighted by Gasteiger charge is -2.18. The van der Waals surface area contributed by atoms with E-state index in [1.165, 1.54) is 18.5 Å². The maximum Gasteiger partial charge on any atom is 0.255 e. The van der Waals surface area contributed by atoms with E-state index < -0.39 is 0 Å². The molecule has 2 aromatic rings. The van der Waals surface area contributed by atoms with Gasteiger partial charge in [0.2, 0.25) is 0 Å². The molecule has 1 fully saturated rings. The van der Waals surface area contributed by atoms with E-state index in [9.17, 15) is 4.79 Å². The molecule has 1 aliphatic rings. The fraction of sp³-hybridized carbons (Fsp3) is 0.278. The van der Waals surface area contributed by atoms with Crippen molar-refractivity contribution < 1.29 is 4.79 Å². The van der Waals surface area contributed by atoms with Crippen LogP contribution in [0.1, 0.15) is 28.8 Å². The molecule has 3 rings (SSSR count). The number of hydrogen-bond acceptors (Lipinski definition) is 2. The van der Waals surface area contributed by atoms with Crippen LogP contribution >= 0.6 is 0 Å². The second kappa shape index (κ2) is 6.00. The van der Waals surface area contributed by atoms with Crippen LogP contribution in [-0.2, 0) is 0 Å². The average Bonchev–Trinajstić information content (AvgIpc) is 3.02. The van der Waals surface area contributed by atoms with Gasteiger partial charge < -0.3 is 10.2 Å². The molecule has 3 nitrogen and oxygen atoms in total. The number of nitrogens with one attached hydrogen (secondary N) is 1. The molecule has 1 amide bonds. The third-order valence-electron chi connectivity index (χ3n) is 3.89. The van der Waals surface area contributed by atoms with Gasteiger partial charge in [0, 0.05) is 30.0 Å². The molecule has 0 unspecified atom stereocenters. The number of benzene rings is 2. The van der Waals surface area contributed by atoms with Crippen LogP contribution in [0, 0.1) is 6.92 Å². The first-order valence-electron chi connectivity index (χ1n) is 7.45. The zero-order valence-electron chi connectivity index (χ0n) is 12.3. The van der Waals surface area contributed by atoms with Crippen LogP contribution in [0.2, 0.25) is 0 Å². The summed E-state index contributed by atoms with van der Waals surface area (Å²) in [6.45, 7) is 4.23. The molecule has 108 valence electrons. The first-order valence-corrected chi connectivity index (χ1v) is 7.45. The van der Waals surface area contributed by atoms with Crippen LogP contribution in [0.3, 0.4) is 0 Å². The summed E-state index contributed by atoms with van der Waals surface area (Å²) in [5.41, 5.74) is 3.88. The van der Waals surface area contributed by atoms with E-state index in [4.69, 9.17) is 0 Å². The van der Waals surface area contributed by atoms with Gasteiger partial charge in [-0.05, 0) is 50.1 Å². The molecule has 0 saturated carbocycles. The van der Waals surface area contributed by atoms with E-state index in [2.05, 4.69) is 22.3 Å². The number of hydrogen-bond donors (Lipinski definition) is 1. The second-order valence-electron chi connectivity index (χ2n) is 5.56. The fourth-order valence-corrected chi connectivity index (χ4v) is 2.66. The van der Waals surface area contributed by atoms with Gasteiger partial charge >= 0.3 is 0 Å². The summed E-state index contributed by atoms with van der Waals surface area (Å²) in [7, 11) is 0. The molecule has 0 spiro atoms. The molecule has 1 heterocycles. The van der Waals surface area contributed by atoms with Crippen LogP contribution in [0.25, 0.3) is 0 Å². The second-order valence-corrected chi connectivity index (χ2v) is 5.56. The van der Waals surface area contributed by atoms with Gasteiger partial charge in [-0.15, -0.1) is 0 Å². The average molecular weight is 280 g/mol. The van der Waals surface area contributed by atoms with E-state index in [1.54, 1.807) is 0 Å². The maximum absolute atomic E-state index is 12.2. The van der Waals surface area contributed by atoms with E-state index in [1.807, 2.05) is 43.3 Å². The lowest BCUT2D eigenvalue weighted by molar-refractivity contribution is 0.102. The largest absolute Gasteiger partial charge is 0.371 e. The first-order chi connectivity index (χ1) is 10.2. The van der Waals surface area contributed by atoms with E-state index >= 15 is 0 Å². The number of aryl methyl sites for hydroxylation is 1. The number of nitrogens with zero attached hydrogens (tertiary/aromatic N) is 1. The predicted octanol–water partition coefficient (Wildman–Crippen LogP) is 3.85. The quantitative estimate of drug-likeness (QED) is 0.926. The van der Waals surface area contributed by atoms with Gasteiger partial charge in [0.1, 0.15) is 0 Å². The fourth-order valence-electron chi connectivity index (χ4n) is 2.66. The molecule has 1 aliphatic heterocycles. The van der Waals surface area contributed by atoms with Crippen LogP contribution in [0.15, 0.2) is 48.5 Å². The Bertz CT molecular complexity index is 628. The van der Waals surface area contributed by atoms with Gasteiger partial charge in [0.05, 0.1) is 0 Å². The highest BCUT2D eigenvalue weighted by atomic mass is 16.1.